The first kappa shape index (κ1) is 13.9. The molecule has 1 aliphatic heterocycles. The van der Waals surface area contributed by atoms with Gasteiger partial charge in [-0.05, 0) is 30.7 Å². The molecule has 0 saturated carbocycles. The van der Waals surface area contributed by atoms with Crippen molar-refractivity contribution in [1.29, 1.82) is 0 Å². The van der Waals surface area contributed by atoms with E-state index < -0.39 is 11.6 Å². The quantitative estimate of drug-likeness (QED) is 0.867. The van der Waals surface area contributed by atoms with Gasteiger partial charge in [-0.25, -0.2) is 4.79 Å². The van der Waals surface area contributed by atoms with Crippen molar-refractivity contribution in [2.45, 2.75) is 19.0 Å². The van der Waals surface area contributed by atoms with Gasteiger partial charge in [-0.15, -0.1) is 0 Å². The van der Waals surface area contributed by atoms with Crippen LogP contribution >= 0.6 is 15.9 Å². The highest BCUT2D eigenvalue weighted by Crippen LogP contribution is 2.30. The molecule has 0 bridgehead atoms. The fourth-order valence-electron chi connectivity index (χ4n) is 2.37. The number of nitrogens with one attached hydrogen (secondary N) is 1. The Morgan fingerprint density at radius 1 is 1.24 bits per heavy atom. The molecule has 1 fully saturated rings. The van der Waals surface area contributed by atoms with Gasteiger partial charge in [-0.2, -0.15) is 0 Å². The van der Waals surface area contributed by atoms with Crippen molar-refractivity contribution in [3.05, 3.63) is 58.5 Å². The Morgan fingerprint density at radius 2 is 2.00 bits per heavy atom. The molecule has 3 amide bonds. The summed E-state index contributed by atoms with van der Waals surface area (Å²) in [4.78, 5) is 26.0. The number of carbonyl (C=O) groups is 2. The second kappa shape index (κ2) is 5.04. The molecule has 1 aromatic carbocycles. The van der Waals surface area contributed by atoms with E-state index in [-0.39, 0.29) is 12.5 Å². The van der Waals surface area contributed by atoms with Crippen LogP contribution in [0, 0.1) is 0 Å². The van der Waals surface area contributed by atoms with E-state index >= 15 is 0 Å². The summed E-state index contributed by atoms with van der Waals surface area (Å²) in [7, 11) is 0. The average Bonchev–Trinajstić information content (AvgIpc) is 3.06. The predicted octanol–water partition coefficient (Wildman–Crippen LogP) is 3.01. The maximum Gasteiger partial charge on any atom is 0.325 e. The van der Waals surface area contributed by atoms with E-state index in [0.29, 0.717) is 5.76 Å². The van der Waals surface area contributed by atoms with Gasteiger partial charge >= 0.3 is 6.03 Å². The van der Waals surface area contributed by atoms with Crippen LogP contribution in [0.3, 0.4) is 0 Å². The molecule has 2 aromatic rings. The van der Waals surface area contributed by atoms with Gasteiger partial charge in [-0.1, -0.05) is 34.1 Å². The Balaban J connectivity index is 1.90. The highest BCUT2D eigenvalue weighted by Gasteiger charge is 2.50. The van der Waals surface area contributed by atoms with Crippen molar-refractivity contribution >= 4 is 27.9 Å². The van der Waals surface area contributed by atoms with Gasteiger partial charge in [0.05, 0.1) is 12.8 Å². The second-order valence-corrected chi connectivity index (χ2v) is 5.87. The van der Waals surface area contributed by atoms with Crippen LogP contribution in [0.2, 0.25) is 0 Å². The molecular formula is C15H13BrN2O3. The van der Waals surface area contributed by atoms with E-state index in [4.69, 9.17) is 4.42 Å². The van der Waals surface area contributed by atoms with E-state index in [9.17, 15) is 9.59 Å². The standard InChI is InChI=1S/C15H13BrN2O3/c1-15(12-7-4-8-21-12)13(19)18(14(20)17-15)9-10-5-2-3-6-11(10)16/h2-8H,9H2,1H3,(H,17,20). The Bertz CT molecular complexity index is 699. The number of urea groups is 1. The molecule has 6 heteroatoms. The molecule has 0 aliphatic carbocycles. The van der Waals surface area contributed by atoms with Crippen LogP contribution in [0.15, 0.2) is 51.6 Å². The number of halogens is 1. The molecule has 108 valence electrons. The zero-order chi connectivity index (χ0) is 15.0. The van der Waals surface area contributed by atoms with Crippen LogP contribution in [-0.2, 0) is 16.9 Å². The zero-order valence-corrected chi connectivity index (χ0v) is 12.9. The first-order valence-corrected chi connectivity index (χ1v) is 7.23. The SMILES string of the molecule is CC1(c2ccco2)NC(=O)N(Cc2ccccc2Br)C1=O. The molecule has 2 heterocycles. The van der Waals surface area contributed by atoms with Gasteiger partial charge in [0.15, 0.2) is 5.54 Å². The van der Waals surface area contributed by atoms with Crippen LogP contribution in [0.4, 0.5) is 4.79 Å². The van der Waals surface area contributed by atoms with Crippen molar-refractivity contribution in [2.24, 2.45) is 0 Å². The molecule has 5 nitrogen and oxygen atoms in total. The number of hydrogen-bond acceptors (Lipinski definition) is 3. The molecule has 1 unspecified atom stereocenters. The molecule has 1 aliphatic rings. The van der Waals surface area contributed by atoms with E-state index in [1.807, 2.05) is 24.3 Å². The first-order valence-electron chi connectivity index (χ1n) is 6.44. The summed E-state index contributed by atoms with van der Waals surface area (Å²) in [6.07, 6.45) is 1.48. The maximum atomic E-state index is 12.6. The molecular weight excluding hydrogens is 336 g/mol. The molecule has 3 rings (SSSR count). The van der Waals surface area contributed by atoms with Gasteiger partial charge in [0.2, 0.25) is 0 Å². The molecule has 1 aromatic heterocycles. The summed E-state index contributed by atoms with van der Waals surface area (Å²) in [6.45, 7) is 1.86. The topological polar surface area (TPSA) is 62.6 Å². The molecule has 21 heavy (non-hydrogen) atoms. The van der Waals surface area contributed by atoms with E-state index in [1.165, 1.54) is 11.2 Å². The van der Waals surface area contributed by atoms with Crippen molar-refractivity contribution in [1.82, 2.24) is 10.2 Å². The van der Waals surface area contributed by atoms with Gasteiger partial charge < -0.3 is 9.73 Å². The summed E-state index contributed by atoms with van der Waals surface area (Å²) in [6, 6.07) is 10.4. The van der Waals surface area contributed by atoms with Gasteiger partial charge in [-0.3, -0.25) is 9.69 Å². The van der Waals surface area contributed by atoms with E-state index in [1.54, 1.807) is 19.1 Å². The van der Waals surface area contributed by atoms with Gasteiger partial charge in [0.1, 0.15) is 5.76 Å². The third-order valence-electron chi connectivity index (χ3n) is 3.58. The van der Waals surface area contributed by atoms with Crippen LogP contribution < -0.4 is 5.32 Å². The minimum atomic E-state index is -1.15. The van der Waals surface area contributed by atoms with E-state index in [2.05, 4.69) is 21.2 Å². The smallest absolute Gasteiger partial charge is 0.325 e. The number of furan rings is 1. The van der Waals surface area contributed by atoms with Gasteiger partial charge in [0, 0.05) is 4.47 Å². The van der Waals surface area contributed by atoms with Crippen LogP contribution in [0.1, 0.15) is 18.2 Å². The third kappa shape index (κ3) is 2.25. The van der Waals surface area contributed by atoms with Crippen molar-refractivity contribution in [3.63, 3.8) is 0 Å². The fourth-order valence-corrected chi connectivity index (χ4v) is 2.78. The minimum absolute atomic E-state index is 0.211. The van der Waals surface area contributed by atoms with Crippen LogP contribution in [0.5, 0.6) is 0 Å². The highest BCUT2D eigenvalue weighted by molar-refractivity contribution is 9.10. The lowest BCUT2D eigenvalue weighted by atomic mass is 9.99. The van der Waals surface area contributed by atoms with Gasteiger partial charge in [0.25, 0.3) is 5.91 Å². The monoisotopic (exact) mass is 348 g/mol. The Morgan fingerprint density at radius 3 is 2.67 bits per heavy atom. The van der Waals surface area contributed by atoms with E-state index in [0.717, 1.165) is 10.0 Å². The number of imide groups is 1. The van der Waals surface area contributed by atoms with Crippen LogP contribution in [-0.4, -0.2) is 16.8 Å². The zero-order valence-electron chi connectivity index (χ0n) is 11.3. The lowest BCUT2D eigenvalue weighted by Crippen LogP contribution is -2.40. The number of benzene rings is 1. The molecule has 0 spiro atoms. The lowest BCUT2D eigenvalue weighted by molar-refractivity contribution is -0.132. The van der Waals surface area contributed by atoms with Crippen molar-refractivity contribution in [2.75, 3.05) is 0 Å². The fraction of sp³-hybridized carbons (Fsp3) is 0.200. The number of hydrogen-bond donors (Lipinski definition) is 1. The number of amides is 3. The normalized spacial score (nSPS) is 21.7. The Hall–Kier alpha value is -2.08. The second-order valence-electron chi connectivity index (χ2n) is 5.02. The van der Waals surface area contributed by atoms with Crippen molar-refractivity contribution < 1.29 is 14.0 Å². The summed E-state index contributed by atoms with van der Waals surface area (Å²) in [5.74, 6) is 0.105. The number of nitrogens with zero attached hydrogens (tertiary/aromatic N) is 1. The molecule has 0 radical (unpaired) electrons. The number of carbonyl (C=O) groups excluding carboxylic acids is 2. The average molecular weight is 349 g/mol. The van der Waals surface area contributed by atoms with Crippen LogP contribution in [0.25, 0.3) is 0 Å². The largest absolute Gasteiger partial charge is 0.466 e. The molecule has 1 N–H and O–H groups in total. The molecule has 1 atom stereocenters. The predicted molar refractivity (Wildman–Crippen MR) is 79.3 cm³/mol. The summed E-state index contributed by atoms with van der Waals surface area (Å²) < 4.78 is 6.15. The maximum absolute atomic E-state index is 12.6. The number of rotatable bonds is 3. The third-order valence-corrected chi connectivity index (χ3v) is 4.35. The first-order chi connectivity index (χ1) is 10.0. The Labute approximate surface area is 130 Å². The molecule has 1 saturated heterocycles. The highest BCUT2D eigenvalue weighted by atomic mass is 79.9. The van der Waals surface area contributed by atoms with Crippen molar-refractivity contribution in [3.8, 4) is 0 Å². The minimum Gasteiger partial charge on any atom is -0.466 e. The summed E-state index contributed by atoms with van der Waals surface area (Å²) >= 11 is 3.42. The lowest BCUT2D eigenvalue weighted by Gasteiger charge is -2.19. The summed E-state index contributed by atoms with van der Waals surface area (Å²) in [5, 5.41) is 2.70. The Kier molecular flexibility index (Phi) is 3.33. The summed E-state index contributed by atoms with van der Waals surface area (Å²) in [5.41, 5.74) is -0.285.